The van der Waals surface area contributed by atoms with Crippen molar-refractivity contribution in [3.05, 3.63) is 36.1 Å². The topological polar surface area (TPSA) is 67.1 Å². The van der Waals surface area contributed by atoms with Crippen molar-refractivity contribution in [2.24, 2.45) is 10.9 Å². The Labute approximate surface area is 147 Å². The van der Waals surface area contributed by atoms with Crippen LogP contribution in [0.5, 0.6) is 0 Å². The third-order valence-corrected chi connectivity index (χ3v) is 4.52. The average molecular weight is 343 g/mol. The molecule has 1 aliphatic rings. The van der Waals surface area contributed by atoms with Crippen molar-refractivity contribution < 1.29 is 13.9 Å². The number of aliphatic imine (C=N–C) groups is 1. The Kier molecular flexibility index (Phi) is 5.58. The van der Waals surface area contributed by atoms with Crippen molar-refractivity contribution in [1.29, 1.82) is 0 Å². The van der Waals surface area contributed by atoms with Crippen LogP contribution in [0.25, 0.3) is 11.0 Å². The number of likely N-dealkylation sites (tertiary alicyclic amines) is 1. The van der Waals surface area contributed by atoms with Gasteiger partial charge in [0, 0.05) is 25.5 Å². The van der Waals surface area contributed by atoms with E-state index >= 15 is 0 Å². The number of ether oxygens (including phenoxy) is 1. The molecule has 0 aliphatic carbocycles. The summed E-state index contributed by atoms with van der Waals surface area (Å²) in [7, 11) is 1.78. The van der Waals surface area contributed by atoms with Gasteiger partial charge in [-0.25, -0.2) is 0 Å². The summed E-state index contributed by atoms with van der Waals surface area (Å²) in [6.45, 7) is 4.46. The number of hydrogen-bond acceptors (Lipinski definition) is 4. The van der Waals surface area contributed by atoms with Gasteiger partial charge in [-0.3, -0.25) is 9.79 Å². The van der Waals surface area contributed by atoms with Crippen LogP contribution < -0.4 is 5.32 Å². The summed E-state index contributed by atoms with van der Waals surface area (Å²) < 4.78 is 11.0. The van der Waals surface area contributed by atoms with E-state index in [-0.39, 0.29) is 11.9 Å². The highest BCUT2D eigenvalue weighted by Gasteiger charge is 2.27. The maximum Gasteiger partial charge on any atom is 0.309 e. The SMILES string of the molecule is CCOC(=O)C1CCN(C(=NC)NCc2cc3ccccc3o2)CC1. The third kappa shape index (κ3) is 4.13. The summed E-state index contributed by atoms with van der Waals surface area (Å²) in [4.78, 5) is 18.4. The molecule has 3 rings (SSSR count). The number of rotatable bonds is 4. The number of piperidine rings is 1. The largest absolute Gasteiger partial charge is 0.466 e. The number of benzene rings is 1. The van der Waals surface area contributed by atoms with Gasteiger partial charge < -0.3 is 19.4 Å². The number of nitrogens with one attached hydrogen (secondary N) is 1. The highest BCUT2D eigenvalue weighted by Crippen LogP contribution is 2.20. The van der Waals surface area contributed by atoms with Crippen LogP contribution >= 0.6 is 0 Å². The van der Waals surface area contributed by atoms with Crippen molar-refractivity contribution in [1.82, 2.24) is 10.2 Å². The second-order valence-electron chi connectivity index (χ2n) is 6.16. The lowest BCUT2D eigenvalue weighted by Gasteiger charge is -2.33. The third-order valence-electron chi connectivity index (χ3n) is 4.52. The fourth-order valence-electron chi connectivity index (χ4n) is 3.21. The molecular weight excluding hydrogens is 318 g/mol. The number of carbonyl (C=O) groups excluding carboxylic acids is 1. The van der Waals surface area contributed by atoms with Crippen LogP contribution in [0.1, 0.15) is 25.5 Å². The van der Waals surface area contributed by atoms with Crippen molar-refractivity contribution in [3.8, 4) is 0 Å². The molecule has 1 N–H and O–H groups in total. The molecule has 0 atom stereocenters. The lowest BCUT2D eigenvalue weighted by atomic mass is 9.97. The molecule has 1 saturated heterocycles. The van der Waals surface area contributed by atoms with Gasteiger partial charge in [-0.05, 0) is 31.9 Å². The number of hydrogen-bond donors (Lipinski definition) is 1. The van der Waals surface area contributed by atoms with Crippen LogP contribution in [-0.4, -0.2) is 43.6 Å². The number of para-hydroxylation sites is 1. The Balaban J connectivity index is 1.54. The first-order valence-electron chi connectivity index (χ1n) is 8.81. The second-order valence-corrected chi connectivity index (χ2v) is 6.16. The minimum atomic E-state index is -0.0765. The number of furan rings is 1. The zero-order chi connectivity index (χ0) is 17.6. The van der Waals surface area contributed by atoms with E-state index in [4.69, 9.17) is 9.15 Å². The minimum Gasteiger partial charge on any atom is -0.466 e. The van der Waals surface area contributed by atoms with E-state index in [0.717, 1.165) is 48.6 Å². The molecule has 2 heterocycles. The zero-order valence-electron chi connectivity index (χ0n) is 14.8. The summed E-state index contributed by atoms with van der Waals surface area (Å²) in [6.07, 6.45) is 1.59. The molecule has 6 nitrogen and oxygen atoms in total. The Hall–Kier alpha value is -2.50. The van der Waals surface area contributed by atoms with Crippen molar-refractivity contribution in [2.45, 2.75) is 26.3 Å². The maximum atomic E-state index is 11.8. The first-order valence-corrected chi connectivity index (χ1v) is 8.81. The van der Waals surface area contributed by atoms with E-state index < -0.39 is 0 Å². The number of carbonyl (C=O) groups is 1. The van der Waals surface area contributed by atoms with Crippen LogP contribution in [0.3, 0.4) is 0 Å². The number of nitrogens with zero attached hydrogens (tertiary/aromatic N) is 2. The molecule has 6 heteroatoms. The Bertz CT molecular complexity index is 712. The van der Waals surface area contributed by atoms with Crippen LogP contribution in [0, 0.1) is 5.92 Å². The van der Waals surface area contributed by atoms with Gasteiger partial charge in [0.25, 0.3) is 0 Å². The van der Waals surface area contributed by atoms with E-state index in [1.165, 1.54) is 0 Å². The summed E-state index contributed by atoms with van der Waals surface area (Å²) >= 11 is 0. The van der Waals surface area contributed by atoms with Crippen LogP contribution in [0.2, 0.25) is 0 Å². The average Bonchev–Trinajstić information content (AvgIpc) is 3.06. The van der Waals surface area contributed by atoms with Gasteiger partial charge in [0.05, 0.1) is 19.1 Å². The molecule has 0 spiro atoms. The molecule has 1 fully saturated rings. The van der Waals surface area contributed by atoms with E-state index in [1.54, 1.807) is 7.05 Å². The normalized spacial score (nSPS) is 16.2. The monoisotopic (exact) mass is 343 g/mol. The Morgan fingerprint density at radius 1 is 1.36 bits per heavy atom. The molecule has 1 aliphatic heterocycles. The van der Waals surface area contributed by atoms with Gasteiger partial charge in [-0.1, -0.05) is 18.2 Å². The number of fused-ring (bicyclic) bond motifs is 1. The molecule has 0 amide bonds. The number of guanidine groups is 1. The molecule has 2 aromatic rings. The first-order chi connectivity index (χ1) is 12.2. The van der Waals surface area contributed by atoms with E-state index in [0.29, 0.717) is 13.2 Å². The molecule has 0 radical (unpaired) electrons. The van der Waals surface area contributed by atoms with E-state index in [1.807, 2.05) is 37.3 Å². The van der Waals surface area contributed by atoms with Crippen LogP contribution in [-0.2, 0) is 16.1 Å². The molecule has 0 unspecified atom stereocenters. The Morgan fingerprint density at radius 3 is 2.80 bits per heavy atom. The van der Waals surface area contributed by atoms with Crippen LogP contribution in [0.4, 0.5) is 0 Å². The predicted molar refractivity (Wildman–Crippen MR) is 97.3 cm³/mol. The molecule has 0 bridgehead atoms. The predicted octanol–water partition coefficient (Wildman–Crippen LogP) is 2.78. The highest BCUT2D eigenvalue weighted by molar-refractivity contribution is 5.81. The first kappa shape index (κ1) is 17.3. The fraction of sp³-hybridized carbons (Fsp3) is 0.474. The van der Waals surface area contributed by atoms with E-state index in [2.05, 4.69) is 15.2 Å². The Morgan fingerprint density at radius 2 is 2.12 bits per heavy atom. The lowest BCUT2D eigenvalue weighted by Crippen LogP contribution is -2.46. The van der Waals surface area contributed by atoms with Gasteiger partial charge in [-0.15, -0.1) is 0 Å². The van der Waals surface area contributed by atoms with Crippen molar-refractivity contribution in [2.75, 3.05) is 26.7 Å². The van der Waals surface area contributed by atoms with Crippen LogP contribution in [0.15, 0.2) is 39.7 Å². The molecule has 25 heavy (non-hydrogen) atoms. The summed E-state index contributed by atoms with van der Waals surface area (Å²) in [5.74, 6) is 1.64. The second kappa shape index (κ2) is 8.05. The van der Waals surface area contributed by atoms with Gasteiger partial charge in [-0.2, -0.15) is 0 Å². The fourth-order valence-corrected chi connectivity index (χ4v) is 3.21. The standard InChI is InChI=1S/C19H25N3O3/c1-3-24-18(23)14-8-10-22(11-9-14)19(20-2)21-13-16-12-15-6-4-5-7-17(15)25-16/h4-7,12,14H,3,8-11,13H2,1-2H3,(H,20,21). The summed E-state index contributed by atoms with van der Waals surface area (Å²) in [6, 6.07) is 10.0. The summed E-state index contributed by atoms with van der Waals surface area (Å²) in [5.41, 5.74) is 0.893. The van der Waals surface area contributed by atoms with Gasteiger partial charge >= 0.3 is 5.97 Å². The molecule has 134 valence electrons. The van der Waals surface area contributed by atoms with Gasteiger partial charge in [0.1, 0.15) is 11.3 Å². The van der Waals surface area contributed by atoms with Gasteiger partial charge in [0.15, 0.2) is 5.96 Å². The molecule has 1 aromatic heterocycles. The number of esters is 1. The van der Waals surface area contributed by atoms with Gasteiger partial charge in [0.2, 0.25) is 0 Å². The van der Waals surface area contributed by atoms with E-state index in [9.17, 15) is 4.79 Å². The lowest BCUT2D eigenvalue weighted by molar-refractivity contribution is -0.149. The minimum absolute atomic E-state index is 0.00433. The van der Waals surface area contributed by atoms with Crippen molar-refractivity contribution >= 4 is 22.9 Å². The smallest absolute Gasteiger partial charge is 0.309 e. The summed E-state index contributed by atoms with van der Waals surface area (Å²) in [5, 5.41) is 4.45. The highest BCUT2D eigenvalue weighted by atomic mass is 16.5. The zero-order valence-corrected chi connectivity index (χ0v) is 14.8. The van der Waals surface area contributed by atoms with Crippen molar-refractivity contribution in [3.63, 3.8) is 0 Å². The quantitative estimate of drug-likeness (QED) is 0.525. The molecular formula is C19H25N3O3. The molecule has 0 saturated carbocycles. The molecule has 1 aromatic carbocycles. The maximum absolute atomic E-state index is 11.8.